The summed E-state index contributed by atoms with van der Waals surface area (Å²) in [6.45, 7) is 2.83. The van der Waals surface area contributed by atoms with Crippen molar-refractivity contribution in [3.05, 3.63) is 46.8 Å². The van der Waals surface area contributed by atoms with E-state index in [1.807, 2.05) is 18.2 Å². The van der Waals surface area contributed by atoms with Crippen molar-refractivity contribution in [3.8, 4) is 17.5 Å². The number of hydrogen-bond donors (Lipinski definition) is 0. The molecule has 2 aromatic rings. The molecule has 5 heteroatoms. The Balaban J connectivity index is 2.05. The van der Waals surface area contributed by atoms with Crippen LogP contribution in [0, 0.1) is 11.3 Å². The fourth-order valence-corrected chi connectivity index (χ4v) is 2.85. The van der Waals surface area contributed by atoms with E-state index in [-0.39, 0.29) is 5.97 Å². The number of allylic oxidation sites excluding steroid dienone is 1. The highest BCUT2D eigenvalue weighted by Crippen LogP contribution is 2.29. The zero-order valence-electron chi connectivity index (χ0n) is 13.2. The number of nitrogens with zero attached hydrogens (tertiary/aromatic N) is 3. The van der Waals surface area contributed by atoms with Crippen molar-refractivity contribution in [3.63, 3.8) is 0 Å². The summed E-state index contributed by atoms with van der Waals surface area (Å²) in [5.41, 5.74) is 4.29. The van der Waals surface area contributed by atoms with Crippen LogP contribution < -0.4 is 0 Å². The molecular weight excluding hydrogens is 290 g/mol. The molecule has 0 N–H and O–H groups in total. The maximum absolute atomic E-state index is 11.5. The van der Waals surface area contributed by atoms with Gasteiger partial charge in [-0.15, -0.1) is 0 Å². The number of aryl methyl sites for hydroxylation is 1. The number of fused-ring (bicyclic) bond motifs is 1. The first-order valence-electron chi connectivity index (χ1n) is 7.56. The largest absolute Gasteiger partial charge is 0.465 e. The van der Waals surface area contributed by atoms with Gasteiger partial charge in [0.15, 0.2) is 0 Å². The summed E-state index contributed by atoms with van der Waals surface area (Å²) in [5, 5.41) is 9.12. The van der Waals surface area contributed by atoms with Crippen LogP contribution in [0.1, 0.15) is 35.1 Å². The third-order valence-corrected chi connectivity index (χ3v) is 4.05. The van der Waals surface area contributed by atoms with Crippen molar-refractivity contribution in [2.45, 2.75) is 26.3 Å². The molecule has 1 aromatic heterocycles. The Labute approximate surface area is 134 Å². The predicted molar refractivity (Wildman–Crippen MR) is 86.6 cm³/mol. The van der Waals surface area contributed by atoms with Crippen molar-refractivity contribution >= 4 is 12.0 Å². The molecule has 1 aromatic carbocycles. The quantitative estimate of drug-likeness (QED) is 0.817. The van der Waals surface area contributed by atoms with Crippen LogP contribution in [0.15, 0.2) is 29.8 Å². The third kappa shape index (κ3) is 2.64. The maximum atomic E-state index is 11.5. The predicted octanol–water partition coefficient (Wildman–Crippen LogP) is 3.21. The Kier molecular flexibility index (Phi) is 3.98. The van der Waals surface area contributed by atoms with Gasteiger partial charge in [-0.25, -0.2) is 9.78 Å². The summed E-state index contributed by atoms with van der Waals surface area (Å²) >= 11 is 0. The Morgan fingerprint density at radius 3 is 2.70 bits per heavy atom. The number of nitriles is 1. The number of ether oxygens (including phenoxy) is 1. The molecule has 3 rings (SSSR count). The zero-order chi connectivity index (χ0) is 16.4. The van der Waals surface area contributed by atoms with Crippen LogP contribution in [0.25, 0.3) is 17.5 Å². The monoisotopic (exact) mass is 307 g/mol. The third-order valence-electron chi connectivity index (χ3n) is 4.05. The second-order valence-electron chi connectivity index (χ2n) is 5.36. The molecule has 0 aliphatic heterocycles. The van der Waals surface area contributed by atoms with Crippen molar-refractivity contribution in [1.82, 2.24) is 9.55 Å². The van der Waals surface area contributed by atoms with E-state index in [2.05, 4.69) is 17.6 Å². The molecule has 0 saturated heterocycles. The first-order valence-corrected chi connectivity index (χ1v) is 7.56. The maximum Gasteiger partial charge on any atom is 0.337 e. The number of carbonyl (C=O) groups excluding carboxylic acids is 1. The van der Waals surface area contributed by atoms with Crippen molar-refractivity contribution < 1.29 is 9.53 Å². The fraction of sp³-hybridized carbons (Fsp3) is 0.278. The molecule has 5 nitrogen and oxygen atoms in total. The Morgan fingerprint density at radius 1 is 1.35 bits per heavy atom. The molecule has 0 unspecified atom stereocenters. The van der Waals surface area contributed by atoms with Crippen LogP contribution in [-0.2, 0) is 17.7 Å². The minimum absolute atomic E-state index is 0.351. The minimum atomic E-state index is -0.351. The lowest BCUT2D eigenvalue weighted by Crippen LogP contribution is -2.04. The van der Waals surface area contributed by atoms with Crippen LogP contribution in [0.5, 0.6) is 0 Å². The van der Waals surface area contributed by atoms with Gasteiger partial charge >= 0.3 is 5.97 Å². The zero-order valence-corrected chi connectivity index (χ0v) is 13.2. The summed E-state index contributed by atoms with van der Waals surface area (Å²) in [6, 6.07) is 9.48. The number of hydrogen-bond acceptors (Lipinski definition) is 4. The smallest absolute Gasteiger partial charge is 0.337 e. The van der Waals surface area contributed by atoms with E-state index in [1.165, 1.54) is 7.11 Å². The van der Waals surface area contributed by atoms with E-state index in [0.717, 1.165) is 47.7 Å². The summed E-state index contributed by atoms with van der Waals surface area (Å²) < 4.78 is 6.83. The lowest BCUT2D eigenvalue weighted by molar-refractivity contribution is 0.0601. The summed E-state index contributed by atoms with van der Waals surface area (Å²) in [6.07, 6.45) is 3.46. The lowest BCUT2D eigenvalue weighted by atomic mass is 10.0. The minimum Gasteiger partial charge on any atom is -0.465 e. The molecule has 0 amide bonds. The van der Waals surface area contributed by atoms with Crippen LogP contribution in [-0.4, -0.2) is 22.6 Å². The molecule has 116 valence electrons. The molecule has 0 fully saturated rings. The Bertz CT molecular complexity index is 823. The van der Waals surface area contributed by atoms with Crippen LogP contribution in [0.2, 0.25) is 0 Å². The van der Waals surface area contributed by atoms with Gasteiger partial charge in [0.2, 0.25) is 0 Å². The molecule has 0 bridgehead atoms. The highest BCUT2D eigenvalue weighted by Gasteiger charge is 2.20. The lowest BCUT2D eigenvalue weighted by Gasteiger charge is -2.11. The molecule has 0 radical (unpaired) electrons. The van der Waals surface area contributed by atoms with Crippen molar-refractivity contribution in [2.24, 2.45) is 0 Å². The number of benzene rings is 1. The molecule has 0 spiro atoms. The average molecular weight is 307 g/mol. The van der Waals surface area contributed by atoms with E-state index in [9.17, 15) is 4.79 Å². The number of rotatable bonds is 3. The topological polar surface area (TPSA) is 67.9 Å². The summed E-state index contributed by atoms with van der Waals surface area (Å²) in [5.74, 6) is 0.514. The average Bonchev–Trinajstić information content (AvgIpc) is 2.98. The van der Waals surface area contributed by atoms with E-state index >= 15 is 0 Å². The highest BCUT2D eigenvalue weighted by molar-refractivity contribution is 5.89. The molecule has 1 aliphatic carbocycles. The summed E-state index contributed by atoms with van der Waals surface area (Å²) in [4.78, 5) is 16.3. The van der Waals surface area contributed by atoms with Gasteiger partial charge in [0.1, 0.15) is 5.82 Å². The Hall–Kier alpha value is -2.87. The number of aromatic nitrogens is 2. The van der Waals surface area contributed by atoms with E-state index in [1.54, 1.807) is 12.1 Å². The number of imidazole rings is 1. The van der Waals surface area contributed by atoms with E-state index < -0.39 is 0 Å². The van der Waals surface area contributed by atoms with Gasteiger partial charge in [-0.3, -0.25) is 0 Å². The second kappa shape index (κ2) is 6.09. The molecule has 23 heavy (non-hydrogen) atoms. The number of esters is 1. The fourth-order valence-electron chi connectivity index (χ4n) is 2.85. The van der Waals surface area contributed by atoms with Crippen molar-refractivity contribution in [2.75, 3.05) is 7.11 Å². The molecule has 0 saturated carbocycles. The van der Waals surface area contributed by atoms with Gasteiger partial charge < -0.3 is 9.30 Å². The Morgan fingerprint density at radius 2 is 2.09 bits per heavy atom. The first-order chi connectivity index (χ1) is 11.2. The molecule has 0 atom stereocenters. The first kappa shape index (κ1) is 15.0. The standard InChI is InChI=1S/C18H17N3O2/c1-3-21-16-10-12(11-19)4-9-15(16)20-17(21)13-5-7-14(8-6-13)18(22)23-2/h5-8,10H,3-4,9H2,1-2H3. The van der Waals surface area contributed by atoms with Gasteiger partial charge in [0.25, 0.3) is 0 Å². The molecule has 1 heterocycles. The van der Waals surface area contributed by atoms with Crippen LogP contribution in [0.3, 0.4) is 0 Å². The SMILES string of the molecule is CCn1c(-c2ccc(C(=O)OC)cc2)nc2c1C=C(C#N)CC2. The van der Waals surface area contributed by atoms with Gasteiger partial charge in [0, 0.05) is 17.7 Å². The summed E-state index contributed by atoms with van der Waals surface area (Å²) in [7, 11) is 1.37. The second-order valence-corrected chi connectivity index (χ2v) is 5.36. The molecule has 1 aliphatic rings. The number of carbonyl (C=O) groups is 1. The highest BCUT2D eigenvalue weighted by atomic mass is 16.5. The van der Waals surface area contributed by atoms with Gasteiger partial charge in [-0.1, -0.05) is 12.1 Å². The normalized spacial score (nSPS) is 13.0. The van der Waals surface area contributed by atoms with Crippen LogP contribution >= 0.6 is 0 Å². The van der Waals surface area contributed by atoms with E-state index in [0.29, 0.717) is 5.56 Å². The molecular formula is C18H17N3O2. The van der Waals surface area contributed by atoms with Gasteiger partial charge in [-0.05, 0) is 38.0 Å². The van der Waals surface area contributed by atoms with Crippen LogP contribution in [0.4, 0.5) is 0 Å². The van der Waals surface area contributed by atoms with Gasteiger partial charge in [0.05, 0.1) is 30.1 Å². The van der Waals surface area contributed by atoms with Gasteiger partial charge in [-0.2, -0.15) is 5.26 Å². The number of methoxy groups -OCH3 is 1. The van der Waals surface area contributed by atoms with E-state index in [4.69, 9.17) is 15.0 Å². The van der Waals surface area contributed by atoms with Crippen molar-refractivity contribution in [1.29, 1.82) is 5.26 Å².